The maximum Gasteiger partial charge on any atom is 0.312 e. The van der Waals surface area contributed by atoms with Gasteiger partial charge in [-0.15, -0.1) is 0 Å². The van der Waals surface area contributed by atoms with Crippen molar-refractivity contribution in [3.05, 3.63) is 0 Å². The predicted molar refractivity (Wildman–Crippen MR) is 40.8 cm³/mol. The van der Waals surface area contributed by atoms with E-state index in [-0.39, 0.29) is 30.2 Å². The second-order valence-corrected chi connectivity index (χ2v) is 4.32. The van der Waals surface area contributed by atoms with E-state index in [1.807, 2.05) is 6.92 Å². The minimum absolute atomic E-state index is 0.0332. The number of ether oxygens (including phenoxy) is 2. The van der Waals surface area contributed by atoms with Gasteiger partial charge in [0.1, 0.15) is 18.1 Å². The van der Waals surface area contributed by atoms with E-state index in [1.165, 1.54) is 0 Å². The van der Waals surface area contributed by atoms with Crippen LogP contribution in [0.3, 0.4) is 0 Å². The fourth-order valence-corrected chi connectivity index (χ4v) is 2.77. The third-order valence-corrected chi connectivity index (χ3v) is 3.78. The smallest absolute Gasteiger partial charge is 0.312 e. The van der Waals surface area contributed by atoms with Crippen LogP contribution in [0.1, 0.15) is 13.8 Å². The monoisotopic (exact) mass is 182 g/mol. The zero-order valence-corrected chi connectivity index (χ0v) is 7.49. The van der Waals surface area contributed by atoms with Gasteiger partial charge < -0.3 is 9.47 Å². The van der Waals surface area contributed by atoms with Crippen LogP contribution in [0.5, 0.6) is 0 Å². The lowest BCUT2D eigenvalue weighted by atomic mass is 9.90. The Labute approximate surface area is 75.2 Å². The largest absolute Gasteiger partial charge is 0.465 e. The average Bonchev–Trinajstić information content (AvgIpc) is 2.40. The van der Waals surface area contributed by atoms with Crippen LogP contribution in [-0.4, -0.2) is 29.6 Å². The summed E-state index contributed by atoms with van der Waals surface area (Å²) >= 11 is 0. The van der Waals surface area contributed by atoms with Gasteiger partial charge in [0.25, 0.3) is 0 Å². The first-order valence-corrected chi connectivity index (χ1v) is 4.42. The fraction of sp³-hybridized carbons (Fsp3) is 0.778. The molecular weight excluding hydrogens is 172 g/mol. The molecule has 1 saturated carbocycles. The van der Waals surface area contributed by atoms with E-state index < -0.39 is 11.2 Å². The molecule has 0 radical (unpaired) electrons. The molecule has 4 atom stereocenters. The van der Waals surface area contributed by atoms with Crippen LogP contribution in [0.15, 0.2) is 0 Å². The van der Waals surface area contributed by atoms with Crippen molar-refractivity contribution < 1.29 is 19.1 Å². The Hall–Kier alpha value is -0.900. The Kier molecular flexibility index (Phi) is 0.959. The molecule has 4 nitrogen and oxygen atoms in total. The molecule has 2 saturated heterocycles. The van der Waals surface area contributed by atoms with Gasteiger partial charge in [0.15, 0.2) is 11.4 Å². The Bertz CT molecular complexity index is 337. The van der Waals surface area contributed by atoms with E-state index in [0.29, 0.717) is 0 Å². The van der Waals surface area contributed by atoms with E-state index in [1.54, 1.807) is 6.92 Å². The Morgan fingerprint density at radius 3 is 2.69 bits per heavy atom. The average molecular weight is 182 g/mol. The Morgan fingerprint density at radius 1 is 1.38 bits per heavy atom. The van der Waals surface area contributed by atoms with Gasteiger partial charge in [-0.25, -0.2) is 0 Å². The standard InChI is InChI=1S/C9H10O4/c1-8-5-4(3-12-7(5)11)6(10)9(8,2)13-8/h4-5H,3H2,1-2H3/t4-,5-,8-,9+/m1/s1. The highest BCUT2D eigenvalue weighted by Gasteiger charge is 2.83. The number of carbonyl (C=O) groups excluding carboxylic acids is 2. The highest BCUT2D eigenvalue weighted by Crippen LogP contribution is 2.63. The quantitative estimate of drug-likeness (QED) is 0.388. The van der Waals surface area contributed by atoms with Crippen molar-refractivity contribution in [2.24, 2.45) is 11.8 Å². The van der Waals surface area contributed by atoms with E-state index in [4.69, 9.17) is 9.47 Å². The minimum atomic E-state index is -0.707. The molecule has 3 rings (SSSR count). The fourth-order valence-electron chi connectivity index (χ4n) is 2.77. The number of cyclic esters (lactones) is 1. The number of fused-ring (bicyclic) bond motifs is 3. The molecule has 1 aliphatic carbocycles. The number of esters is 1. The predicted octanol–water partition coefficient (Wildman–Crippen LogP) is -0.0941. The number of Topliss-reactive ketones (excluding diaryl/α,β-unsaturated/α-hetero) is 1. The molecule has 0 unspecified atom stereocenters. The van der Waals surface area contributed by atoms with Crippen LogP contribution in [0.4, 0.5) is 0 Å². The number of carbonyl (C=O) groups is 2. The molecular formula is C9H10O4. The first-order valence-electron chi connectivity index (χ1n) is 4.42. The maximum atomic E-state index is 11.7. The van der Waals surface area contributed by atoms with Gasteiger partial charge in [-0.3, -0.25) is 9.59 Å². The van der Waals surface area contributed by atoms with Crippen molar-refractivity contribution in [3.8, 4) is 0 Å². The van der Waals surface area contributed by atoms with Gasteiger partial charge in [0.2, 0.25) is 0 Å². The maximum absolute atomic E-state index is 11.7. The van der Waals surface area contributed by atoms with Crippen LogP contribution >= 0.6 is 0 Å². The summed E-state index contributed by atoms with van der Waals surface area (Å²) in [5.41, 5.74) is -1.29. The molecule has 2 aliphatic heterocycles. The summed E-state index contributed by atoms with van der Waals surface area (Å²) in [4.78, 5) is 23.1. The van der Waals surface area contributed by atoms with Crippen molar-refractivity contribution in [1.82, 2.24) is 0 Å². The molecule has 70 valence electrons. The molecule has 3 aliphatic rings. The van der Waals surface area contributed by atoms with Gasteiger partial charge in [-0.1, -0.05) is 0 Å². The molecule has 3 fully saturated rings. The molecule has 0 aromatic heterocycles. The number of hydrogen-bond acceptors (Lipinski definition) is 4. The summed E-state index contributed by atoms with van der Waals surface area (Å²) in [7, 11) is 0. The number of ketones is 1. The number of epoxide rings is 1. The van der Waals surface area contributed by atoms with E-state index in [2.05, 4.69) is 0 Å². The Morgan fingerprint density at radius 2 is 2.08 bits per heavy atom. The lowest BCUT2D eigenvalue weighted by Gasteiger charge is -2.09. The van der Waals surface area contributed by atoms with Gasteiger partial charge >= 0.3 is 5.97 Å². The van der Waals surface area contributed by atoms with Crippen molar-refractivity contribution in [3.63, 3.8) is 0 Å². The molecule has 0 amide bonds. The molecule has 4 heteroatoms. The molecule has 0 spiro atoms. The Balaban J connectivity index is 2.11. The summed E-state index contributed by atoms with van der Waals surface area (Å²) in [6.07, 6.45) is 0. The number of rotatable bonds is 0. The van der Waals surface area contributed by atoms with E-state index in [0.717, 1.165) is 0 Å². The van der Waals surface area contributed by atoms with Crippen LogP contribution < -0.4 is 0 Å². The lowest BCUT2D eigenvalue weighted by molar-refractivity contribution is -0.143. The van der Waals surface area contributed by atoms with Crippen molar-refractivity contribution >= 4 is 11.8 Å². The SMILES string of the molecule is C[C@@]12O[C@]1(C)[C@H]1C(=O)OC[C@H]1C2=O. The molecule has 0 aromatic carbocycles. The van der Waals surface area contributed by atoms with Crippen molar-refractivity contribution in [2.75, 3.05) is 6.61 Å². The van der Waals surface area contributed by atoms with Gasteiger partial charge in [-0.2, -0.15) is 0 Å². The zero-order valence-electron chi connectivity index (χ0n) is 7.49. The van der Waals surface area contributed by atoms with Gasteiger partial charge in [0.05, 0.1) is 5.92 Å². The van der Waals surface area contributed by atoms with Crippen LogP contribution in [0.25, 0.3) is 0 Å². The lowest BCUT2D eigenvalue weighted by Crippen LogP contribution is -2.27. The van der Waals surface area contributed by atoms with Crippen LogP contribution in [0, 0.1) is 11.8 Å². The summed E-state index contributed by atoms with van der Waals surface area (Å²) in [6.45, 7) is 3.83. The number of hydrogen-bond donors (Lipinski definition) is 0. The normalized spacial score (nSPS) is 57.4. The van der Waals surface area contributed by atoms with Crippen LogP contribution in [0.2, 0.25) is 0 Å². The molecule has 0 aromatic rings. The summed E-state index contributed by atoms with van der Waals surface area (Å²) < 4.78 is 10.2. The van der Waals surface area contributed by atoms with Crippen LogP contribution in [-0.2, 0) is 19.1 Å². The van der Waals surface area contributed by atoms with Crippen molar-refractivity contribution in [1.29, 1.82) is 0 Å². The topological polar surface area (TPSA) is 55.9 Å². The summed E-state index contributed by atoms with van der Waals surface area (Å²) in [5.74, 6) is -0.853. The molecule has 0 N–H and O–H groups in total. The van der Waals surface area contributed by atoms with Gasteiger partial charge in [-0.05, 0) is 13.8 Å². The van der Waals surface area contributed by atoms with E-state index in [9.17, 15) is 9.59 Å². The summed E-state index contributed by atoms with van der Waals surface area (Å²) in [6, 6.07) is 0. The first-order chi connectivity index (χ1) is 6.01. The second kappa shape index (κ2) is 1.66. The zero-order chi connectivity index (χ0) is 9.43. The van der Waals surface area contributed by atoms with Gasteiger partial charge in [0, 0.05) is 0 Å². The highest BCUT2D eigenvalue weighted by atomic mass is 16.6. The second-order valence-electron chi connectivity index (χ2n) is 4.32. The molecule has 0 bridgehead atoms. The summed E-state index contributed by atoms with van der Waals surface area (Å²) in [5, 5.41) is 0. The van der Waals surface area contributed by atoms with E-state index >= 15 is 0 Å². The first kappa shape index (κ1) is 7.50. The molecule has 2 heterocycles. The third kappa shape index (κ3) is 0.544. The highest BCUT2D eigenvalue weighted by molar-refractivity contribution is 6.03. The third-order valence-electron chi connectivity index (χ3n) is 3.78. The molecule has 13 heavy (non-hydrogen) atoms. The minimum Gasteiger partial charge on any atom is -0.465 e. The van der Waals surface area contributed by atoms with Crippen molar-refractivity contribution in [2.45, 2.75) is 25.0 Å².